The van der Waals surface area contributed by atoms with Crippen LogP contribution in [0.2, 0.25) is 0 Å². The molecule has 0 fully saturated rings. The van der Waals surface area contributed by atoms with E-state index in [0.717, 1.165) is 36.0 Å². The van der Waals surface area contributed by atoms with Crippen LogP contribution in [0.1, 0.15) is 28.9 Å². The molecule has 3 rings (SSSR count). The predicted molar refractivity (Wildman–Crippen MR) is 84.3 cm³/mol. The lowest BCUT2D eigenvalue weighted by molar-refractivity contribution is 0.0997. The van der Waals surface area contributed by atoms with Crippen molar-refractivity contribution in [2.75, 3.05) is 5.32 Å². The molecular formula is C15H12FN3O3S. The first-order valence-electron chi connectivity index (χ1n) is 6.94. The maximum atomic E-state index is 13.2. The van der Waals surface area contributed by atoms with Crippen molar-refractivity contribution in [3.63, 3.8) is 0 Å². The van der Waals surface area contributed by atoms with Gasteiger partial charge in [0.2, 0.25) is 5.13 Å². The van der Waals surface area contributed by atoms with Gasteiger partial charge in [-0.15, -0.1) is 10.2 Å². The third-order valence-electron chi connectivity index (χ3n) is 3.06. The number of halogens is 1. The molecule has 2 heterocycles. The Morgan fingerprint density at radius 2 is 2.17 bits per heavy atom. The Hall–Kier alpha value is -2.61. The van der Waals surface area contributed by atoms with Crippen molar-refractivity contribution in [1.82, 2.24) is 10.2 Å². The number of anilines is 1. The summed E-state index contributed by atoms with van der Waals surface area (Å²) >= 11 is 1.27. The van der Waals surface area contributed by atoms with Gasteiger partial charge < -0.3 is 4.42 Å². The number of hydrogen-bond donors (Lipinski definition) is 1. The van der Waals surface area contributed by atoms with E-state index in [-0.39, 0.29) is 16.7 Å². The SMILES string of the molecule is CCCc1nnc(NC(=O)c2cc(=O)c3cc(F)ccc3o2)s1. The minimum Gasteiger partial charge on any atom is -0.451 e. The average molecular weight is 333 g/mol. The van der Waals surface area contributed by atoms with Crippen LogP contribution >= 0.6 is 11.3 Å². The zero-order valence-electron chi connectivity index (χ0n) is 12.1. The molecule has 0 aliphatic rings. The average Bonchev–Trinajstić information content (AvgIpc) is 2.95. The lowest BCUT2D eigenvalue weighted by Gasteiger charge is -2.02. The molecule has 118 valence electrons. The molecule has 1 N–H and O–H groups in total. The van der Waals surface area contributed by atoms with E-state index >= 15 is 0 Å². The van der Waals surface area contributed by atoms with E-state index in [4.69, 9.17) is 4.42 Å². The van der Waals surface area contributed by atoms with E-state index in [9.17, 15) is 14.0 Å². The normalized spacial score (nSPS) is 10.9. The molecule has 8 heteroatoms. The number of fused-ring (bicyclic) bond motifs is 1. The molecule has 23 heavy (non-hydrogen) atoms. The monoisotopic (exact) mass is 333 g/mol. The lowest BCUT2D eigenvalue weighted by Crippen LogP contribution is -2.15. The number of nitrogens with zero attached hydrogens (tertiary/aromatic N) is 2. The third-order valence-corrected chi connectivity index (χ3v) is 3.96. The highest BCUT2D eigenvalue weighted by molar-refractivity contribution is 7.15. The van der Waals surface area contributed by atoms with Crippen molar-refractivity contribution < 1.29 is 13.6 Å². The van der Waals surface area contributed by atoms with Gasteiger partial charge in [-0.1, -0.05) is 18.3 Å². The van der Waals surface area contributed by atoms with Gasteiger partial charge in [0.05, 0.1) is 5.39 Å². The highest BCUT2D eigenvalue weighted by atomic mass is 32.1. The standard InChI is InChI=1S/C15H12FN3O3S/c1-2-3-13-18-19-15(23-13)17-14(21)12-7-10(20)9-6-8(16)4-5-11(9)22-12/h4-7H,2-3H2,1H3,(H,17,19,21). The van der Waals surface area contributed by atoms with Gasteiger partial charge in [-0.25, -0.2) is 4.39 Å². The molecule has 0 unspecified atom stereocenters. The van der Waals surface area contributed by atoms with E-state index in [1.54, 1.807) is 0 Å². The van der Waals surface area contributed by atoms with Crippen molar-refractivity contribution in [3.05, 3.63) is 51.1 Å². The van der Waals surface area contributed by atoms with Crippen LogP contribution in [0.3, 0.4) is 0 Å². The molecule has 6 nitrogen and oxygen atoms in total. The summed E-state index contributed by atoms with van der Waals surface area (Å²) in [5, 5.41) is 11.6. The van der Waals surface area contributed by atoms with Crippen LogP contribution in [-0.2, 0) is 6.42 Å². The highest BCUT2D eigenvalue weighted by Gasteiger charge is 2.15. The van der Waals surface area contributed by atoms with E-state index < -0.39 is 17.2 Å². The first-order chi connectivity index (χ1) is 11.1. The summed E-state index contributed by atoms with van der Waals surface area (Å²) in [5.74, 6) is -1.31. The van der Waals surface area contributed by atoms with Crippen LogP contribution < -0.4 is 10.7 Å². The molecule has 0 saturated heterocycles. The Balaban J connectivity index is 1.88. The van der Waals surface area contributed by atoms with Gasteiger partial charge in [0.1, 0.15) is 16.4 Å². The summed E-state index contributed by atoms with van der Waals surface area (Å²) in [6.07, 6.45) is 1.71. The van der Waals surface area contributed by atoms with Gasteiger partial charge in [-0.05, 0) is 24.6 Å². The molecule has 0 aliphatic carbocycles. The van der Waals surface area contributed by atoms with Gasteiger partial charge in [-0.2, -0.15) is 0 Å². The topological polar surface area (TPSA) is 85.1 Å². The summed E-state index contributed by atoms with van der Waals surface area (Å²) in [4.78, 5) is 24.1. The Kier molecular flexibility index (Phi) is 4.16. The van der Waals surface area contributed by atoms with E-state index in [1.807, 2.05) is 6.92 Å². The largest absolute Gasteiger partial charge is 0.451 e. The van der Waals surface area contributed by atoms with Crippen molar-refractivity contribution in [1.29, 1.82) is 0 Å². The predicted octanol–water partition coefficient (Wildman–Crippen LogP) is 2.99. The summed E-state index contributed by atoms with van der Waals surface area (Å²) in [7, 11) is 0. The Bertz CT molecular complexity index is 935. The first kappa shape index (κ1) is 15.3. The minimum absolute atomic E-state index is 0.0858. The first-order valence-corrected chi connectivity index (χ1v) is 7.75. The van der Waals surface area contributed by atoms with Gasteiger partial charge in [0.25, 0.3) is 5.91 Å². The summed E-state index contributed by atoms with van der Waals surface area (Å²) in [5.41, 5.74) is -0.340. The molecule has 1 aromatic carbocycles. The maximum absolute atomic E-state index is 13.2. The zero-order valence-corrected chi connectivity index (χ0v) is 12.9. The van der Waals surface area contributed by atoms with E-state index in [1.165, 1.54) is 17.4 Å². The quantitative estimate of drug-likeness (QED) is 0.793. The van der Waals surface area contributed by atoms with Crippen LogP contribution in [0.5, 0.6) is 0 Å². The summed E-state index contributed by atoms with van der Waals surface area (Å²) in [6.45, 7) is 2.02. The van der Waals surface area contributed by atoms with Crippen LogP contribution in [0.4, 0.5) is 9.52 Å². The van der Waals surface area contributed by atoms with Crippen LogP contribution in [0.25, 0.3) is 11.0 Å². The summed E-state index contributed by atoms with van der Waals surface area (Å²) < 4.78 is 18.5. The third kappa shape index (κ3) is 3.26. The minimum atomic E-state index is -0.604. The van der Waals surface area contributed by atoms with E-state index in [0.29, 0.717) is 5.13 Å². The molecule has 0 radical (unpaired) electrons. The number of amides is 1. The smallest absolute Gasteiger partial charge is 0.293 e. The van der Waals surface area contributed by atoms with Crippen molar-refractivity contribution in [2.24, 2.45) is 0 Å². The van der Waals surface area contributed by atoms with Gasteiger partial charge in [0.15, 0.2) is 11.2 Å². The van der Waals surface area contributed by atoms with Crippen LogP contribution in [-0.4, -0.2) is 16.1 Å². The second kappa shape index (κ2) is 6.25. The zero-order chi connectivity index (χ0) is 16.4. The molecule has 0 saturated carbocycles. The fourth-order valence-electron chi connectivity index (χ4n) is 2.02. The van der Waals surface area contributed by atoms with Gasteiger partial charge >= 0.3 is 0 Å². The fraction of sp³-hybridized carbons (Fsp3) is 0.200. The number of rotatable bonds is 4. The van der Waals surface area contributed by atoms with E-state index in [2.05, 4.69) is 15.5 Å². The molecule has 0 spiro atoms. The summed E-state index contributed by atoms with van der Waals surface area (Å²) in [6, 6.07) is 4.58. The van der Waals surface area contributed by atoms with Gasteiger partial charge in [0, 0.05) is 12.5 Å². The molecule has 1 amide bonds. The number of carbonyl (C=O) groups is 1. The number of aryl methyl sites for hydroxylation is 1. The van der Waals surface area contributed by atoms with Crippen molar-refractivity contribution in [3.8, 4) is 0 Å². The molecule has 0 aliphatic heterocycles. The maximum Gasteiger partial charge on any atom is 0.293 e. The second-order valence-corrected chi connectivity index (χ2v) is 5.88. The molecule has 2 aromatic heterocycles. The Morgan fingerprint density at radius 1 is 1.35 bits per heavy atom. The lowest BCUT2D eigenvalue weighted by atomic mass is 10.2. The number of hydrogen-bond acceptors (Lipinski definition) is 6. The molecule has 0 atom stereocenters. The number of aromatic nitrogens is 2. The molecular weight excluding hydrogens is 321 g/mol. The Morgan fingerprint density at radius 3 is 2.96 bits per heavy atom. The number of benzene rings is 1. The number of carbonyl (C=O) groups excluding carboxylic acids is 1. The van der Waals surface area contributed by atoms with Crippen molar-refractivity contribution >= 4 is 33.3 Å². The highest BCUT2D eigenvalue weighted by Crippen LogP contribution is 2.18. The van der Waals surface area contributed by atoms with Crippen LogP contribution in [0, 0.1) is 5.82 Å². The number of nitrogens with one attached hydrogen (secondary N) is 1. The second-order valence-electron chi connectivity index (χ2n) is 4.82. The van der Waals surface area contributed by atoms with Gasteiger partial charge in [-0.3, -0.25) is 14.9 Å². The Labute approximate surface area is 134 Å². The molecule has 0 bridgehead atoms. The van der Waals surface area contributed by atoms with Crippen LogP contribution in [0.15, 0.2) is 33.5 Å². The van der Waals surface area contributed by atoms with Crippen molar-refractivity contribution in [2.45, 2.75) is 19.8 Å². The molecule has 3 aromatic rings. The fourth-order valence-corrected chi connectivity index (χ4v) is 2.85.